The van der Waals surface area contributed by atoms with Crippen molar-refractivity contribution in [1.29, 1.82) is 0 Å². The van der Waals surface area contributed by atoms with Crippen molar-refractivity contribution < 1.29 is 22.7 Å². The number of methoxy groups -OCH3 is 1. The third-order valence-electron chi connectivity index (χ3n) is 5.11. The Bertz CT molecular complexity index is 1300. The summed E-state index contributed by atoms with van der Waals surface area (Å²) >= 11 is 5.99. The van der Waals surface area contributed by atoms with Gasteiger partial charge in [0.1, 0.15) is 11.4 Å². The molecule has 0 atom stereocenters. The van der Waals surface area contributed by atoms with Crippen LogP contribution in [0.4, 0.5) is 13.2 Å². The molecule has 5 nitrogen and oxygen atoms in total. The molecule has 1 amide bonds. The van der Waals surface area contributed by atoms with Crippen molar-refractivity contribution in [2.24, 2.45) is 0 Å². The maximum absolute atomic E-state index is 13.1. The van der Waals surface area contributed by atoms with Gasteiger partial charge < -0.3 is 10.1 Å². The van der Waals surface area contributed by atoms with Gasteiger partial charge in [-0.05, 0) is 72.3 Å². The van der Waals surface area contributed by atoms with E-state index in [1.807, 2.05) is 12.1 Å². The smallest absolute Gasteiger partial charge is 0.416 e. The first-order valence-corrected chi connectivity index (χ1v) is 10.6. The van der Waals surface area contributed by atoms with E-state index in [1.165, 1.54) is 16.8 Å². The zero-order valence-electron chi connectivity index (χ0n) is 17.9. The number of carbonyl (C=O) groups is 1. The molecule has 4 aromatic rings. The van der Waals surface area contributed by atoms with Crippen molar-refractivity contribution in [3.05, 3.63) is 101 Å². The lowest BCUT2D eigenvalue weighted by molar-refractivity contribution is -0.137. The zero-order valence-corrected chi connectivity index (χ0v) is 18.7. The van der Waals surface area contributed by atoms with Gasteiger partial charge in [-0.15, -0.1) is 0 Å². The number of aromatic nitrogens is 2. The maximum atomic E-state index is 13.1. The quantitative estimate of drug-likeness (QED) is 0.356. The topological polar surface area (TPSA) is 56.1 Å². The van der Waals surface area contributed by atoms with Gasteiger partial charge in [0, 0.05) is 17.1 Å². The van der Waals surface area contributed by atoms with E-state index < -0.39 is 17.6 Å². The van der Waals surface area contributed by atoms with Gasteiger partial charge in [0.05, 0.1) is 24.1 Å². The predicted octanol–water partition coefficient (Wildman–Crippen LogP) is 6.15. The van der Waals surface area contributed by atoms with Crippen LogP contribution in [0.1, 0.15) is 21.6 Å². The minimum atomic E-state index is -4.46. The van der Waals surface area contributed by atoms with Crippen LogP contribution < -0.4 is 10.1 Å². The number of ether oxygens (including phenoxy) is 1. The Labute approximate surface area is 198 Å². The highest BCUT2D eigenvalue weighted by molar-refractivity contribution is 6.30. The van der Waals surface area contributed by atoms with E-state index in [4.69, 9.17) is 16.3 Å². The van der Waals surface area contributed by atoms with Crippen LogP contribution in [0.2, 0.25) is 5.02 Å². The van der Waals surface area contributed by atoms with Crippen molar-refractivity contribution in [1.82, 2.24) is 15.1 Å². The van der Waals surface area contributed by atoms with E-state index in [0.29, 0.717) is 27.7 Å². The first kappa shape index (κ1) is 23.4. The van der Waals surface area contributed by atoms with Crippen molar-refractivity contribution in [3.8, 4) is 22.7 Å². The SMILES string of the molecule is COc1ccc(-c2cc(C(=O)NCc3cccc(C(F)(F)F)c3)n(-c3ccc(Cl)cc3)n2)cc1. The molecular weight excluding hydrogens is 467 g/mol. The third kappa shape index (κ3) is 5.23. The van der Waals surface area contributed by atoms with Crippen LogP contribution in [0.5, 0.6) is 5.75 Å². The number of nitrogens with zero attached hydrogens (tertiary/aromatic N) is 2. The molecule has 3 aromatic carbocycles. The fourth-order valence-electron chi connectivity index (χ4n) is 3.36. The minimum absolute atomic E-state index is 0.0770. The van der Waals surface area contributed by atoms with Gasteiger partial charge in [-0.1, -0.05) is 23.7 Å². The van der Waals surface area contributed by atoms with E-state index in [0.717, 1.165) is 17.7 Å². The molecule has 4 rings (SSSR count). The highest BCUT2D eigenvalue weighted by Gasteiger charge is 2.30. The molecule has 0 radical (unpaired) electrons. The maximum Gasteiger partial charge on any atom is 0.416 e. The van der Waals surface area contributed by atoms with Crippen LogP contribution in [0.15, 0.2) is 78.9 Å². The summed E-state index contributed by atoms with van der Waals surface area (Å²) in [6, 6.07) is 20.4. The molecule has 0 aliphatic carbocycles. The van der Waals surface area contributed by atoms with Crippen LogP contribution in [0, 0.1) is 0 Å². The minimum Gasteiger partial charge on any atom is -0.497 e. The highest BCUT2D eigenvalue weighted by atomic mass is 35.5. The normalized spacial score (nSPS) is 11.3. The van der Waals surface area contributed by atoms with E-state index in [9.17, 15) is 18.0 Å². The van der Waals surface area contributed by atoms with Crippen molar-refractivity contribution in [2.75, 3.05) is 7.11 Å². The molecule has 0 saturated carbocycles. The Morgan fingerprint density at radius 2 is 1.74 bits per heavy atom. The fraction of sp³-hybridized carbons (Fsp3) is 0.120. The second-order valence-electron chi connectivity index (χ2n) is 7.41. The Hall–Kier alpha value is -3.78. The third-order valence-corrected chi connectivity index (χ3v) is 5.36. The summed E-state index contributed by atoms with van der Waals surface area (Å²) < 4.78 is 45.6. The molecular formula is C25H19ClF3N3O2. The molecule has 1 heterocycles. The van der Waals surface area contributed by atoms with E-state index in [-0.39, 0.29) is 12.2 Å². The predicted molar refractivity (Wildman–Crippen MR) is 123 cm³/mol. The van der Waals surface area contributed by atoms with Gasteiger partial charge in [0.2, 0.25) is 0 Å². The molecule has 0 bridgehead atoms. The summed E-state index contributed by atoms with van der Waals surface area (Å²) in [5, 5.41) is 7.80. The van der Waals surface area contributed by atoms with Gasteiger partial charge in [-0.3, -0.25) is 4.79 Å². The molecule has 0 unspecified atom stereocenters. The van der Waals surface area contributed by atoms with Crippen molar-refractivity contribution in [3.63, 3.8) is 0 Å². The monoisotopic (exact) mass is 485 g/mol. The molecule has 34 heavy (non-hydrogen) atoms. The molecule has 0 saturated heterocycles. The summed E-state index contributed by atoms with van der Waals surface area (Å²) in [5.41, 5.74) is 1.69. The molecule has 0 spiro atoms. The molecule has 0 aliphatic rings. The Morgan fingerprint density at radius 1 is 1.03 bits per heavy atom. The molecule has 0 fully saturated rings. The van der Waals surface area contributed by atoms with Crippen LogP contribution in [0.3, 0.4) is 0 Å². The summed E-state index contributed by atoms with van der Waals surface area (Å²) in [7, 11) is 1.57. The Morgan fingerprint density at radius 3 is 2.38 bits per heavy atom. The largest absolute Gasteiger partial charge is 0.497 e. The molecule has 174 valence electrons. The molecule has 1 aromatic heterocycles. The summed E-state index contributed by atoms with van der Waals surface area (Å²) in [6.45, 7) is -0.0770. The lowest BCUT2D eigenvalue weighted by Crippen LogP contribution is -2.25. The molecule has 0 aliphatic heterocycles. The number of alkyl halides is 3. The lowest BCUT2D eigenvalue weighted by Gasteiger charge is -2.11. The number of hydrogen-bond donors (Lipinski definition) is 1. The second kappa shape index (κ2) is 9.61. The van der Waals surface area contributed by atoms with E-state index in [2.05, 4.69) is 10.4 Å². The first-order valence-electron chi connectivity index (χ1n) is 10.2. The summed E-state index contributed by atoms with van der Waals surface area (Å²) in [5.74, 6) is 0.194. The second-order valence-corrected chi connectivity index (χ2v) is 7.85. The molecule has 1 N–H and O–H groups in total. The van der Waals surface area contributed by atoms with E-state index >= 15 is 0 Å². The standard InChI is InChI=1S/C25H19ClF3N3O2/c1-34-21-11-5-17(6-12-21)22-14-23(32(31-22)20-9-7-19(26)8-10-20)24(33)30-15-16-3-2-4-18(13-16)25(27,28)29/h2-14H,15H2,1H3,(H,30,33). The van der Waals surface area contributed by atoms with Crippen molar-refractivity contribution >= 4 is 17.5 Å². The van der Waals surface area contributed by atoms with E-state index in [1.54, 1.807) is 49.6 Å². The number of halogens is 4. The average molecular weight is 486 g/mol. The van der Waals surface area contributed by atoms with Crippen LogP contribution in [-0.2, 0) is 12.7 Å². The van der Waals surface area contributed by atoms with Gasteiger partial charge >= 0.3 is 6.18 Å². The van der Waals surface area contributed by atoms with Crippen LogP contribution >= 0.6 is 11.6 Å². The number of rotatable bonds is 6. The number of benzene rings is 3. The van der Waals surface area contributed by atoms with Gasteiger partial charge in [-0.25, -0.2) is 4.68 Å². The fourth-order valence-corrected chi connectivity index (χ4v) is 3.48. The summed E-state index contributed by atoms with van der Waals surface area (Å²) in [4.78, 5) is 13.1. The average Bonchev–Trinajstić information content (AvgIpc) is 3.28. The van der Waals surface area contributed by atoms with Gasteiger partial charge in [0.15, 0.2) is 0 Å². The van der Waals surface area contributed by atoms with Gasteiger partial charge in [0.25, 0.3) is 5.91 Å². The first-order chi connectivity index (χ1) is 16.2. The van der Waals surface area contributed by atoms with Crippen LogP contribution in [-0.4, -0.2) is 22.8 Å². The number of hydrogen-bond acceptors (Lipinski definition) is 3. The number of amides is 1. The number of carbonyl (C=O) groups excluding carboxylic acids is 1. The Balaban J connectivity index is 1.64. The highest BCUT2D eigenvalue weighted by Crippen LogP contribution is 2.29. The van der Waals surface area contributed by atoms with Crippen molar-refractivity contribution in [2.45, 2.75) is 12.7 Å². The molecule has 9 heteroatoms. The Kier molecular flexibility index (Phi) is 6.61. The number of nitrogens with one attached hydrogen (secondary N) is 1. The van der Waals surface area contributed by atoms with Crippen LogP contribution in [0.25, 0.3) is 16.9 Å². The lowest BCUT2D eigenvalue weighted by atomic mass is 10.1. The summed E-state index contributed by atoms with van der Waals surface area (Å²) in [6.07, 6.45) is -4.46. The van der Waals surface area contributed by atoms with Gasteiger partial charge in [-0.2, -0.15) is 18.3 Å². The zero-order chi connectivity index (χ0) is 24.3.